The summed E-state index contributed by atoms with van der Waals surface area (Å²) >= 11 is 0. The fraction of sp³-hybridized carbons (Fsp3) is 0.320. The van der Waals surface area contributed by atoms with Crippen LogP contribution < -0.4 is 4.74 Å². The first-order chi connectivity index (χ1) is 15.2. The summed E-state index contributed by atoms with van der Waals surface area (Å²) in [6, 6.07) is 17.4. The molecule has 4 unspecified atom stereocenters. The third kappa shape index (κ3) is 3.51. The fourth-order valence-electron chi connectivity index (χ4n) is 4.63. The number of hydrogen-bond acceptors (Lipinski definition) is 5. The Morgan fingerprint density at radius 3 is 2.03 bits per heavy atom. The summed E-state index contributed by atoms with van der Waals surface area (Å²) in [4.78, 5) is 26.6. The molecule has 156 valence electrons. The van der Waals surface area contributed by atoms with Gasteiger partial charge in [-0.2, -0.15) is 5.26 Å². The molecule has 3 heterocycles. The van der Waals surface area contributed by atoms with Gasteiger partial charge < -0.3 is 9.47 Å². The van der Waals surface area contributed by atoms with E-state index in [0.717, 1.165) is 23.3 Å². The molecule has 0 aromatic heterocycles. The zero-order chi connectivity index (χ0) is 21.4. The molecule has 2 fully saturated rings. The molecular formula is C25H22N2O4. The van der Waals surface area contributed by atoms with E-state index in [0.29, 0.717) is 25.1 Å². The molecule has 6 nitrogen and oxygen atoms in total. The molecule has 2 amide bonds. The predicted octanol–water partition coefficient (Wildman–Crippen LogP) is 3.32. The molecule has 4 atom stereocenters. The van der Waals surface area contributed by atoms with Gasteiger partial charge in [0, 0.05) is 6.54 Å². The van der Waals surface area contributed by atoms with Crippen molar-refractivity contribution in [1.82, 2.24) is 4.90 Å². The van der Waals surface area contributed by atoms with Crippen LogP contribution in [0.5, 0.6) is 5.75 Å². The van der Waals surface area contributed by atoms with E-state index in [2.05, 4.69) is 6.07 Å². The Labute approximate surface area is 180 Å². The standard InChI is InChI=1S/C25H22N2O4/c26-15-16-3-5-17(6-4-16)18-7-9-19(10-8-18)30-14-2-1-13-27-24(28)22-20-11-12-21(31-20)23(22)25(27)29/h3-12,20-23H,1-2,13-14H2. The zero-order valence-electron chi connectivity index (χ0n) is 16.9. The molecule has 2 aromatic rings. The van der Waals surface area contributed by atoms with Crippen molar-refractivity contribution in [3.63, 3.8) is 0 Å². The molecule has 2 bridgehead atoms. The van der Waals surface area contributed by atoms with Crippen molar-refractivity contribution in [2.24, 2.45) is 11.8 Å². The molecule has 3 aliphatic rings. The van der Waals surface area contributed by atoms with Crippen LogP contribution in [-0.2, 0) is 14.3 Å². The highest BCUT2D eigenvalue weighted by atomic mass is 16.5. The van der Waals surface area contributed by atoms with Crippen molar-refractivity contribution in [2.75, 3.05) is 13.2 Å². The number of hydrogen-bond donors (Lipinski definition) is 0. The number of ether oxygens (including phenoxy) is 2. The van der Waals surface area contributed by atoms with Gasteiger partial charge in [0.2, 0.25) is 11.8 Å². The van der Waals surface area contributed by atoms with E-state index >= 15 is 0 Å². The highest BCUT2D eigenvalue weighted by Gasteiger charge is 2.60. The molecule has 0 spiro atoms. The second kappa shape index (κ2) is 8.01. The minimum absolute atomic E-state index is 0.0915. The molecule has 6 heteroatoms. The van der Waals surface area contributed by atoms with Crippen molar-refractivity contribution >= 4 is 11.8 Å². The lowest BCUT2D eigenvalue weighted by Gasteiger charge is -2.17. The number of nitriles is 1. The van der Waals surface area contributed by atoms with Crippen LogP contribution in [0.1, 0.15) is 18.4 Å². The number of fused-ring (bicyclic) bond motifs is 5. The minimum Gasteiger partial charge on any atom is -0.494 e. The van der Waals surface area contributed by atoms with Crippen LogP contribution in [0.3, 0.4) is 0 Å². The number of carbonyl (C=O) groups excluding carboxylic acids is 2. The molecule has 3 aliphatic heterocycles. The molecule has 2 aromatic carbocycles. The van der Waals surface area contributed by atoms with Gasteiger partial charge in [0.05, 0.1) is 42.3 Å². The van der Waals surface area contributed by atoms with Crippen LogP contribution >= 0.6 is 0 Å². The summed E-state index contributed by atoms with van der Waals surface area (Å²) in [5.74, 6) is -0.0564. The van der Waals surface area contributed by atoms with Crippen molar-refractivity contribution in [3.05, 3.63) is 66.2 Å². The van der Waals surface area contributed by atoms with Gasteiger partial charge in [-0.15, -0.1) is 0 Å². The lowest BCUT2D eigenvalue weighted by molar-refractivity contribution is -0.142. The average molecular weight is 414 g/mol. The maximum atomic E-state index is 12.6. The largest absolute Gasteiger partial charge is 0.494 e. The van der Waals surface area contributed by atoms with Gasteiger partial charge in [-0.1, -0.05) is 36.4 Å². The van der Waals surface area contributed by atoms with E-state index in [1.807, 2.05) is 48.6 Å². The first-order valence-electron chi connectivity index (χ1n) is 10.6. The number of amides is 2. The zero-order valence-corrected chi connectivity index (χ0v) is 16.9. The minimum atomic E-state index is -0.326. The maximum Gasteiger partial charge on any atom is 0.236 e. The van der Waals surface area contributed by atoms with Crippen LogP contribution in [0.25, 0.3) is 11.1 Å². The van der Waals surface area contributed by atoms with Gasteiger partial charge in [0.25, 0.3) is 0 Å². The molecule has 0 aliphatic carbocycles. The molecule has 0 N–H and O–H groups in total. The number of likely N-dealkylation sites (tertiary alicyclic amines) is 1. The highest BCUT2D eigenvalue weighted by Crippen LogP contribution is 2.45. The molecule has 31 heavy (non-hydrogen) atoms. The average Bonchev–Trinajstić information content (AvgIpc) is 3.49. The van der Waals surface area contributed by atoms with Crippen LogP contribution in [0.2, 0.25) is 0 Å². The first kappa shape index (κ1) is 19.5. The molecule has 0 radical (unpaired) electrons. The number of unbranched alkanes of at least 4 members (excludes halogenated alkanes) is 1. The van der Waals surface area contributed by atoms with Crippen LogP contribution in [0.4, 0.5) is 0 Å². The van der Waals surface area contributed by atoms with Gasteiger partial charge in [-0.05, 0) is 48.2 Å². The Balaban J connectivity index is 1.08. The number of nitrogens with zero attached hydrogens (tertiary/aromatic N) is 2. The van der Waals surface area contributed by atoms with Crippen molar-refractivity contribution in [1.29, 1.82) is 5.26 Å². The molecular weight excluding hydrogens is 392 g/mol. The van der Waals surface area contributed by atoms with Crippen LogP contribution in [0, 0.1) is 23.2 Å². The summed E-state index contributed by atoms with van der Waals surface area (Å²) in [6.07, 6.45) is 4.82. The van der Waals surface area contributed by atoms with Gasteiger partial charge in [-0.25, -0.2) is 0 Å². The van der Waals surface area contributed by atoms with E-state index in [1.54, 1.807) is 12.1 Å². The Morgan fingerprint density at radius 2 is 1.45 bits per heavy atom. The number of rotatable bonds is 7. The molecule has 2 saturated heterocycles. The third-order valence-corrected chi connectivity index (χ3v) is 6.25. The van der Waals surface area contributed by atoms with E-state index in [4.69, 9.17) is 14.7 Å². The Morgan fingerprint density at radius 1 is 0.871 bits per heavy atom. The summed E-state index contributed by atoms with van der Waals surface area (Å²) in [5.41, 5.74) is 2.74. The van der Waals surface area contributed by atoms with Gasteiger partial charge in [0.1, 0.15) is 5.75 Å². The second-order valence-corrected chi connectivity index (χ2v) is 8.10. The number of imide groups is 1. The van der Waals surface area contributed by atoms with E-state index in [-0.39, 0.29) is 35.9 Å². The lowest BCUT2D eigenvalue weighted by Crippen LogP contribution is -2.35. The normalized spacial score (nSPS) is 25.7. The predicted molar refractivity (Wildman–Crippen MR) is 113 cm³/mol. The number of carbonyl (C=O) groups is 2. The SMILES string of the molecule is N#Cc1ccc(-c2ccc(OCCCCN3C(=O)C4C5C=CC(O5)C4C3=O)cc2)cc1. The summed E-state index contributed by atoms with van der Waals surface area (Å²) in [7, 11) is 0. The van der Waals surface area contributed by atoms with Crippen LogP contribution in [-0.4, -0.2) is 42.1 Å². The van der Waals surface area contributed by atoms with E-state index in [9.17, 15) is 9.59 Å². The Bertz CT molecular complexity index is 1040. The fourth-order valence-corrected chi connectivity index (χ4v) is 4.63. The number of benzene rings is 2. The first-order valence-corrected chi connectivity index (χ1v) is 10.6. The summed E-state index contributed by atoms with van der Waals surface area (Å²) in [5, 5.41) is 8.89. The van der Waals surface area contributed by atoms with Gasteiger partial charge in [-0.3, -0.25) is 14.5 Å². The summed E-state index contributed by atoms with van der Waals surface area (Å²) in [6.45, 7) is 0.959. The van der Waals surface area contributed by atoms with E-state index < -0.39 is 0 Å². The second-order valence-electron chi connectivity index (χ2n) is 8.10. The molecule has 0 saturated carbocycles. The molecule has 5 rings (SSSR count). The van der Waals surface area contributed by atoms with E-state index in [1.165, 1.54) is 4.90 Å². The quantitative estimate of drug-likeness (QED) is 0.394. The smallest absolute Gasteiger partial charge is 0.236 e. The topological polar surface area (TPSA) is 79.6 Å². The monoisotopic (exact) mass is 414 g/mol. The maximum absolute atomic E-state index is 12.6. The highest BCUT2D eigenvalue weighted by molar-refractivity contribution is 6.06. The van der Waals surface area contributed by atoms with Crippen molar-refractivity contribution < 1.29 is 19.1 Å². The Kier molecular flexibility index (Phi) is 5.05. The van der Waals surface area contributed by atoms with Gasteiger partial charge in [0.15, 0.2) is 0 Å². The lowest BCUT2D eigenvalue weighted by atomic mass is 9.85. The van der Waals surface area contributed by atoms with Crippen molar-refractivity contribution in [3.8, 4) is 22.9 Å². The van der Waals surface area contributed by atoms with Crippen molar-refractivity contribution in [2.45, 2.75) is 25.0 Å². The third-order valence-electron chi connectivity index (χ3n) is 6.25. The Hall–Kier alpha value is -3.43. The van der Waals surface area contributed by atoms with Gasteiger partial charge >= 0.3 is 0 Å². The summed E-state index contributed by atoms with van der Waals surface area (Å²) < 4.78 is 11.5. The van der Waals surface area contributed by atoms with Crippen LogP contribution in [0.15, 0.2) is 60.7 Å².